The van der Waals surface area contributed by atoms with Gasteiger partial charge in [-0.3, -0.25) is 4.90 Å². The Morgan fingerprint density at radius 2 is 1.87 bits per heavy atom. The van der Waals surface area contributed by atoms with Crippen LogP contribution in [-0.4, -0.2) is 39.0 Å². The Morgan fingerprint density at radius 1 is 1.13 bits per heavy atom. The third-order valence-electron chi connectivity index (χ3n) is 6.15. The van der Waals surface area contributed by atoms with Crippen LogP contribution in [0.1, 0.15) is 37.6 Å². The van der Waals surface area contributed by atoms with Gasteiger partial charge in [0.05, 0.1) is 0 Å². The van der Waals surface area contributed by atoms with Crippen LogP contribution in [0.4, 0.5) is 4.79 Å². The fourth-order valence-corrected chi connectivity index (χ4v) is 3.92. The number of H-pyrrole nitrogens is 1. The van der Waals surface area contributed by atoms with Gasteiger partial charge in [-0.1, -0.05) is 30.3 Å². The van der Waals surface area contributed by atoms with Crippen LogP contribution in [0.2, 0.25) is 0 Å². The molecule has 0 spiro atoms. The van der Waals surface area contributed by atoms with E-state index in [9.17, 15) is 9.90 Å². The second kappa shape index (κ2) is 7.36. The molecule has 2 aromatic carbocycles. The molecule has 1 atom stereocenters. The van der Waals surface area contributed by atoms with Gasteiger partial charge < -0.3 is 19.6 Å². The van der Waals surface area contributed by atoms with Crippen LogP contribution in [0.5, 0.6) is 5.75 Å². The van der Waals surface area contributed by atoms with Crippen molar-refractivity contribution in [2.75, 3.05) is 6.54 Å². The lowest BCUT2D eigenvalue weighted by atomic mass is 9.95. The predicted molar refractivity (Wildman–Crippen MR) is 115 cm³/mol. The lowest BCUT2D eigenvalue weighted by molar-refractivity contribution is -0.126. The van der Waals surface area contributed by atoms with Crippen molar-refractivity contribution in [1.82, 2.24) is 9.88 Å². The molecule has 1 saturated heterocycles. The van der Waals surface area contributed by atoms with Crippen molar-refractivity contribution in [3.8, 4) is 5.75 Å². The quantitative estimate of drug-likeness (QED) is 0.628. The Labute approximate surface area is 176 Å². The van der Waals surface area contributed by atoms with E-state index in [1.165, 1.54) is 4.90 Å². The molecular formula is C24H28N2O4. The fourth-order valence-electron chi connectivity index (χ4n) is 3.92. The SMILES string of the molecule is Cc1[nH]c2ccc(OCc3ccccc3)cc2c1CCN1C(=O)OC(C)(C)[C@@]1(C)O. The van der Waals surface area contributed by atoms with E-state index >= 15 is 0 Å². The highest BCUT2D eigenvalue weighted by atomic mass is 16.6. The zero-order valence-corrected chi connectivity index (χ0v) is 17.9. The summed E-state index contributed by atoms with van der Waals surface area (Å²) in [6.07, 6.45) is 0.101. The molecule has 1 aromatic heterocycles. The molecule has 0 radical (unpaired) electrons. The van der Waals surface area contributed by atoms with Crippen LogP contribution < -0.4 is 4.74 Å². The number of fused-ring (bicyclic) bond motifs is 1. The molecule has 2 heterocycles. The van der Waals surface area contributed by atoms with E-state index in [1.807, 2.05) is 55.5 Å². The molecule has 1 fully saturated rings. The van der Waals surface area contributed by atoms with E-state index in [4.69, 9.17) is 9.47 Å². The van der Waals surface area contributed by atoms with Gasteiger partial charge in [-0.25, -0.2) is 4.79 Å². The largest absolute Gasteiger partial charge is 0.489 e. The van der Waals surface area contributed by atoms with Crippen molar-refractivity contribution in [2.45, 2.75) is 52.0 Å². The van der Waals surface area contributed by atoms with Crippen molar-refractivity contribution in [1.29, 1.82) is 0 Å². The molecule has 158 valence electrons. The molecule has 6 nitrogen and oxygen atoms in total. The lowest BCUT2D eigenvalue weighted by Crippen LogP contribution is -2.54. The molecule has 0 bridgehead atoms. The molecule has 0 aliphatic carbocycles. The Bertz CT molecular complexity index is 1070. The van der Waals surface area contributed by atoms with Gasteiger partial charge in [-0.15, -0.1) is 0 Å². The maximum absolute atomic E-state index is 12.3. The molecule has 0 unspecified atom stereocenters. The molecule has 1 amide bonds. The zero-order chi connectivity index (χ0) is 21.5. The molecule has 4 rings (SSSR count). The highest BCUT2D eigenvalue weighted by Gasteiger charge is 2.56. The number of amides is 1. The van der Waals surface area contributed by atoms with Crippen LogP contribution in [0.15, 0.2) is 48.5 Å². The van der Waals surface area contributed by atoms with Gasteiger partial charge in [-0.2, -0.15) is 0 Å². The summed E-state index contributed by atoms with van der Waals surface area (Å²) in [4.78, 5) is 17.1. The highest BCUT2D eigenvalue weighted by Crippen LogP contribution is 2.37. The average Bonchev–Trinajstić information content (AvgIpc) is 3.08. The number of hydrogen-bond donors (Lipinski definition) is 2. The normalized spacial score (nSPS) is 20.6. The minimum atomic E-state index is -1.37. The molecule has 2 N–H and O–H groups in total. The predicted octanol–water partition coefficient (Wildman–Crippen LogP) is 4.54. The zero-order valence-electron chi connectivity index (χ0n) is 17.9. The Hall–Kier alpha value is -2.99. The van der Waals surface area contributed by atoms with Gasteiger partial charge in [0.15, 0.2) is 11.3 Å². The van der Waals surface area contributed by atoms with Crippen molar-refractivity contribution in [2.24, 2.45) is 0 Å². The maximum Gasteiger partial charge on any atom is 0.412 e. The number of aliphatic hydroxyl groups is 1. The highest BCUT2D eigenvalue weighted by molar-refractivity contribution is 5.86. The first-order chi connectivity index (χ1) is 14.2. The standard InChI is InChI=1S/C24H28N2O4/c1-16-19(12-13-26-22(27)30-23(2,3)24(26,4)28)20-14-18(10-11-21(20)25-16)29-15-17-8-6-5-7-9-17/h5-11,14,25,28H,12-13,15H2,1-4H3/t24-/m1/s1. The molecular weight excluding hydrogens is 380 g/mol. The monoisotopic (exact) mass is 408 g/mol. The van der Waals surface area contributed by atoms with E-state index in [0.29, 0.717) is 19.6 Å². The number of aromatic nitrogens is 1. The second-order valence-electron chi connectivity index (χ2n) is 8.51. The summed E-state index contributed by atoms with van der Waals surface area (Å²) in [5.41, 5.74) is 1.94. The van der Waals surface area contributed by atoms with Crippen LogP contribution in [0.25, 0.3) is 10.9 Å². The summed E-state index contributed by atoms with van der Waals surface area (Å²) < 4.78 is 11.3. The van der Waals surface area contributed by atoms with Crippen molar-refractivity contribution >= 4 is 17.0 Å². The Kier molecular flexibility index (Phi) is 4.98. The first kappa shape index (κ1) is 20.3. The van der Waals surface area contributed by atoms with Crippen molar-refractivity contribution in [3.63, 3.8) is 0 Å². The van der Waals surface area contributed by atoms with Gasteiger partial charge >= 0.3 is 6.09 Å². The summed E-state index contributed by atoms with van der Waals surface area (Å²) in [5.74, 6) is 0.792. The summed E-state index contributed by atoms with van der Waals surface area (Å²) >= 11 is 0. The van der Waals surface area contributed by atoms with Crippen LogP contribution >= 0.6 is 0 Å². The number of hydrogen-bond acceptors (Lipinski definition) is 4. The fraction of sp³-hybridized carbons (Fsp3) is 0.375. The smallest absolute Gasteiger partial charge is 0.412 e. The van der Waals surface area contributed by atoms with Gasteiger partial charge in [-0.05, 0) is 63.4 Å². The Morgan fingerprint density at radius 3 is 2.53 bits per heavy atom. The first-order valence-electron chi connectivity index (χ1n) is 10.2. The molecule has 1 aliphatic rings. The summed E-state index contributed by atoms with van der Waals surface area (Å²) in [7, 11) is 0. The molecule has 0 saturated carbocycles. The number of ether oxygens (including phenoxy) is 2. The van der Waals surface area contributed by atoms with Crippen LogP contribution in [0.3, 0.4) is 0 Å². The van der Waals surface area contributed by atoms with Crippen LogP contribution in [-0.2, 0) is 17.8 Å². The molecule has 30 heavy (non-hydrogen) atoms. The van der Waals surface area contributed by atoms with E-state index < -0.39 is 17.4 Å². The third kappa shape index (κ3) is 3.52. The van der Waals surface area contributed by atoms with E-state index in [0.717, 1.165) is 33.5 Å². The third-order valence-corrected chi connectivity index (χ3v) is 6.15. The minimum Gasteiger partial charge on any atom is -0.489 e. The number of cyclic esters (lactones) is 1. The van der Waals surface area contributed by atoms with Gasteiger partial charge in [0.25, 0.3) is 0 Å². The van der Waals surface area contributed by atoms with Crippen LogP contribution in [0, 0.1) is 6.92 Å². The maximum atomic E-state index is 12.3. The van der Waals surface area contributed by atoms with Crippen molar-refractivity contribution in [3.05, 3.63) is 65.4 Å². The van der Waals surface area contributed by atoms with E-state index in [-0.39, 0.29) is 0 Å². The Balaban J connectivity index is 1.54. The molecule has 1 aliphatic heterocycles. The minimum absolute atomic E-state index is 0.359. The van der Waals surface area contributed by atoms with Gasteiger partial charge in [0.1, 0.15) is 12.4 Å². The number of aromatic amines is 1. The first-order valence-corrected chi connectivity index (χ1v) is 10.2. The molecule has 3 aromatic rings. The number of aryl methyl sites for hydroxylation is 1. The van der Waals surface area contributed by atoms with Gasteiger partial charge in [0, 0.05) is 23.1 Å². The van der Waals surface area contributed by atoms with E-state index in [1.54, 1.807) is 20.8 Å². The number of nitrogens with one attached hydrogen (secondary N) is 1. The number of nitrogens with zero attached hydrogens (tertiary/aromatic N) is 1. The molecule has 6 heteroatoms. The van der Waals surface area contributed by atoms with E-state index in [2.05, 4.69) is 4.98 Å². The summed E-state index contributed by atoms with van der Waals surface area (Å²) in [5, 5.41) is 11.9. The summed E-state index contributed by atoms with van der Waals surface area (Å²) in [6, 6.07) is 16.0. The second-order valence-corrected chi connectivity index (χ2v) is 8.51. The lowest BCUT2D eigenvalue weighted by Gasteiger charge is -2.34. The number of carbonyl (C=O) groups is 1. The van der Waals surface area contributed by atoms with Crippen molar-refractivity contribution < 1.29 is 19.4 Å². The number of benzene rings is 2. The number of carbonyl (C=O) groups excluding carboxylic acids is 1. The average molecular weight is 408 g/mol. The van der Waals surface area contributed by atoms with Gasteiger partial charge in [0.2, 0.25) is 0 Å². The summed E-state index contributed by atoms with van der Waals surface area (Å²) in [6.45, 7) is 7.94. The number of rotatable bonds is 6. The topological polar surface area (TPSA) is 74.8 Å².